The highest BCUT2D eigenvalue weighted by atomic mass is 32.1. The van der Waals surface area contributed by atoms with Crippen LogP contribution in [0.4, 0.5) is 5.82 Å². The summed E-state index contributed by atoms with van der Waals surface area (Å²) >= 11 is 1.75. The van der Waals surface area contributed by atoms with Crippen LogP contribution >= 0.6 is 11.3 Å². The molecule has 2 heterocycles. The van der Waals surface area contributed by atoms with Gasteiger partial charge in [0.2, 0.25) is 0 Å². The van der Waals surface area contributed by atoms with Crippen LogP contribution in [0.2, 0.25) is 0 Å². The van der Waals surface area contributed by atoms with Crippen molar-refractivity contribution in [1.29, 1.82) is 0 Å². The number of hydrogen-bond donors (Lipinski definition) is 1. The van der Waals surface area contributed by atoms with E-state index in [1.165, 1.54) is 9.75 Å². The maximum Gasteiger partial charge on any atom is 0.153 e. The molecule has 0 fully saturated rings. The smallest absolute Gasteiger partial charge is 0.153 e. The van der Waals surface area contributed by atoms with Gasteiger partial charge in [0.1, 0.15) is 5.69 Å². The maximum atomic E-state index is 4.66. The summed E-state index contributed by atoms with van der Waals surface area (Å²) in [7, 11) is 0. The van der Waals surface area contributed by atoms with Crippen LogP contribution in [0.15, 0.2) is 12.1 Å². The van der Waals surface area contributed by atoms with Gasteiger partial charge >= 0.3 is 0 Å². The zero-order valence-electron chi connectivity index (χ0n) is 10.7. The number of nitrogens with zero attached hydrogens (tertiary/aromatic N) is 2. The van der Waals surface area contributed by atoms with Gasteiger partial charge in [-0.1, -0.05) is 0 Å². The molecule has 0 aliphatic heterocycles. The fourth-order valence-corrected chi connectivity index (χ4v) is 2.49. The van der Waals surface area contributed by atoms with Crippen molar-refractivity contribution < 1.29 is 0 Å². The van der Waals surface area contributed by atoms with Crippen LogP contribution in [0.1, 0.15) is 23.2 Å². The Bertz CT molecular complexity index is 531. The molecular formula is C13H17N3S. The minimum atomic E-state index is 0.856. The van der Waals surface area contributed by atoms with Crippen LogP contribution in [0, 0.1) is 20.8 Å². The number of aromatic nitrogens is 2. The summed E-state index contributed by atoms with van der Waals surface area (Å²) in [6.07, 6.45) is 0. The van der Waals surface area contributed by atoms with E-state index in [1.54, 1.807) is 11.3 Å². The first-order valence-corrected chi connectivity index (χ1v) is 6.59. The Morgan fingerprint density at radius 3 is 2.41 bits per heavy atom. The van der Waals surface area contributed by atoms with E-state index in [9.17, 15) is 0 Å². The Hall–Kier alpha value is -1.42. The fourth-order valence-electron chi connectivity index (χ4n) is 1.63. The molecule has 2 aromatic rings. The lowest BCUT2D eigenvalue weighted by molar-refractivity contribution is 1.04. The molecule has 2 aromatic heterocycles. The van der Waals surface area contributed by atoms with E-state index in [2.05, 4.69) is 41.3 Å². The number of thiophene rings is 1. The number of hydrogen-bond acceptors (Lipinski definition) is 4. The highest BCUT2D eigenvalue weighted by Crippen LogP contribution is 2.31. The van der Waals surface area contributed by atoms with E-state index in [4.69, 9.17) is 0 Å². The van der Waals surface area contributed by atoms with Gasteiger partial charge in [-0.15, -0.1) is 11.3 Å². The Balaban J connectivity index is 2.54. The number of nitrogens with one attached hydrogen (secondary N) is 1. The van der Waals surface area contributed by atoms with Crippen molar-refractivity contribution in [2.45, 2.75) is 27.7 Å². The predicted molar refractivity (Wildman–Crippen MR) is 73.7 cm³/mol. The lowest BCUT2D eigenvalue weighted by atomic mass is 10.2. The van der Waals surface area contributed by atoms with Crippen LogP contribution < -0.4 is 5.32 Å². The summed E-state index contributed by atoms with van der Waals surface area (Å²) in [4.78, 5) is 11.7. The molecule has 3 nitrogen and oxygen atoms in total. The minimum Gasteiger partial charge on any atom is -0.369 e. The molecule has 17 heavy (non-hydrogen) atoms. The average molecular weight is 247 g/mol. The molecule has 0 aliphatic rings. The molecular weight excluding hydrogens is 230 g/mol. The highest BCUT2D eigenvalue weighted by molar-refractivity contribution is 7.15. The Morgan fingerprint density at radius 2 is 1.82 bits per heavy atom. The number of anilines is 1. The third-order valence-electron chi connectivity index (χ3n) is 2.62. The second kappa shape index (κ2) is 4.84. The summed E-state index contributed by atoms with van der Waals surface area (Å²) in [6.45, 7) is 9.03. The second-order valence-electron chi connectivity index (χ2n) is 4.03. The van der Waals surface area contributed by atoms with Crippen LogP contribution in [-0.4, -0.2) is 16.5 Å². The topological polar surface area (TPSA) is 37.8 Å². The molecule has 4 heteroatoms. The van der Waals surface area contributed by atoms with Crippen molar-refractivity contribution in [3.8, 4) is 10.6 Å². The van der Waals surface area contributed by atoms with Crippen LogP contribution in [0.3, 0.4) is 0 Å². The first kappa shape index (κ1) is 12.0. The molecule has 0 unspecified atom stereocenters. The molecule has 0 aliphatic carbocycles. The van der Waals surface area contributed by atoms with Crippen molar-refractivity contribution >= 4 is 17.2 Å². The van der Waals surface area contributed by atoms with Gasteiger partial charge < -0.3 is 5.32 Å². The first-order chi connectivity index (χ1) is 8.11. The minimum absolute atomic E-state index is 0.856. The van der Waals surface area contributed by atoms with Gasteiger partial charge in [0, 0.05) is 11.4 Å². The predicted octanol–water partition coefficient (Wildman–Crippen LogP) is 3.56. The van der Waals surface area contributed by atoms with Gasteiger partial charge in [0.25, 0.3) is 0 Å². The van der Waals surface area contributed by atoms with Crippen molar-refractivity contribution in [3.05, 3.63) is 28.4 Å². The van der Waals surface area contributed by atoms with Crippen molar-refractivity contribution in [2.24, 2.45) is 0 Å². The summed E-state index contributed by atoms with van der Waals surface area (Å²) in [6, 6.07) is 4.23. The Labute approximate surface area is 106 Å². The monoisotopic (exact) mass is 247 g/mol. The van der Waals surface area contributed by atoms with E-state index in [1.807, 2.05) is 13.8 Å². The van der Waals surface area contributed by atoms with Gasteiger partial charge in [-0.25, -0.2) is 9.97 Å². The summed E-state index contributed by atoms with van der Waals surface area (Å²) in [5.41, 5.74) is 2.94. The van der Waals surface area contributed by atoms with Crippen LogP contribution in [-0.2, 0) is 0 Å². The van der Waals surface area contributed by atoms with E-state index in [-0.39, 0.29) is 0 Å². The zero-order chi connectivity index (χ0) is 12.4. The largest absolute Gasteiger partial charge is 0.369 e. The first-order valence-electron chi connectivity index (χ1n) is 5.77. The van der Waals surface area contributed by atoms with Gasteiger partial charge in [-0.3, -0.25) is 0 Å². The van der Waals surface area contributed by atoms with Crippen molar-refractivity contribution in [1.82, 2.24) is 9.97 Å². The zero-order valence-corrected chi connectivity index (χ0v) is 11.5. The number of aryl methyl sites for hydroxylation is 3. The summed E-state index contributed by atoms with van der Waals surface area (Å²) in [5.74, 6) is 0.887. The molecule has 0 bridgehead atoms. The number of rotatable bonds is 3. The van der Waals surface area contributed by atoms with Gasteiger partial charge in [0.15, 0.2) is 5.82 Å². The molecule has 0 atom stereocenters. The third-order valence-corrected chi connectivity index (χ3v) is 3.63. The normalized spacial score (nSPS) is 10.6. The van der Waals surface area contributed by atoms with E-state index in [0.29, 0.717) is 0 Å². The van der Waals surface area contributed by atoms with Crippen molar-refractivity contribution in [3.63, 3.8) is 0 Å². The Kier molecular flexibility index (Phi) is 3.43. The van der Waals surface area contributed by atoms with Crippen LogP contribution in [0.5, 0.6) is 0 Å². The van der Waals surface area contributed by atoms with Gasteiger partial charge in [-0.05, 0) is 39.8 Å². The summed E-state index contributed by atoms with van der Waals surface area (Å²) < 4.78 is 0. The summed E-state index contributed by atoms with van der Waals surface area (Å²) in [5, 5.41) is 3.28. The molecule has 2 rings (SSSR count). The molecule has 0 saturated heterocycles. The lowest BCUT2D eigenvalue weighted by Gasteiger charge is -2.10. The Morgan fingerprint density at radius 1 is 1.12 bits per heavy atom. The van der Waals surface area contributed by atoms with E-state index in [0.717, 1.165) is 29.4 Å². The van der Waals surface area contributed by atoms with Gasteiger partial charge in [0.05, 0.1) is 16.3 Å². The standard InChI is InChI=1S/C13H17N3S/c1-5-14-13-12(11-7-6-8(2)17-11)15-9(3)10(4)16-13/h6-7H,5H2,1-4H3,(H,14,16). The second-order valence-corrected chi connectivity index (χ2v) is 5.32. The average Bonchev–Trinajstić information content (AvgIpc) is 2.70. The molecule has 0 spiro atoms. The lowest BCUT2D eigenvalue weighted by Crippen LogP contribution is -2.05. The fraction of sp³-hybridized carbons (Fsp3) is 0.385. The molecule has 1 N–H and O–H groups in total. The SMILES string of the molecule is CCNc1nc(C)c(C)nc1-c1ccc(C)s1. The molecule has 0 amide bonds. The highest BCUT2D eigenvalue weighted by Gasteiger charge is 2.12. The molecule has 0 saturated carbocycles. The molecule has 90 valence electrons. The van der Waals surface area contributed by atoms with E-state index >= 15 is 0 Å². The molecule has 0 aromatic carbocycles. The van der Waals surface area contributed by atoms with Gasteiger partial charge in [-0.2, -0.15) is 0 Å². The van der Waals surface area contributed by atoms with Crippen LogP contribution in [0.25, 0.3) is 10.6 Å². The quantitative estimate of drug-likeness (QED) is 0.901. The third kappa shape index (κ3) is 2.47. The molecule has 0 radical (unpaired) electrons. The van der Waals surface area contributed by atoms with Crippen molar-refractivity contribution in [2.75, 3.05) is 11.9 Å². The van der Waals surface area contributed by atoms with E-state index < -0.39 is 0 Å². The maximum absolute atomic E-state index is 4.66.